The number of thiazole rings is 1. The minimum atomic E-state index is 0.0249. The summed E-state index contributed by atoms with van der Waals surface area (Å²) in [5, 5.41) is 12.2. The van der Waals surface area contributed by atoms with E-state index in [1.165, 1.54) is 0 Å². The number of rotatable bonds is 5. The first-order valence-corrected chi connectivity index (χ1v) is 7.61. The van der Waals surface area contributed by atoms with Gasteiger partial charge in [-0.1, -0.05) is 12.1 Å². The fourth-order valence-corrected chi connectivity index (χ4v) is 3.09. The number of benzene rings is 1. The molecular formula is C15H17NO3S. The van der Waals surface area contributed by atoms with Gasteiger partial charge in [-0.3, -0.25) is 0 Å². The van der Waals surface area contributed by atoms with Crippen LogP contribution in [0.3, 0.4) is 0 Å². The Bertz CT molecular complexity index is 564. The Hall–Kier alpha value is -1.43. The maximum Gasteiger partial charge on any atom is 0.131 e. The molecule has 1 aromatic carbocycles. The van der Waals surface area contributed by atoms with Crippen LogP contribution in [0.2, 0.25) is 0 Å². The van der Waals surface area contributed by atoms with Crippen molar-refractivity contribution in [2.24, 2.45) is 0 Å². The number of aliphatic hydroxyl groups is 1. The number of hydrogen-bond donors (Lipinski definition) is 1. The fourth-order valence-electron chi connectivity index (χ4n) is 2.20. The normalized spacial score (nSPS) is 18.4. The quantitative estimate of drug-likeness (QED) is 0.920. The van der Waals surface area contributed by atoms with E-state index < -0.39 is 0 Å². The van der Waals surface area contributed by atoms with Gasteiger partial charge in [0.05, 0.1) is 12.3 Å². The molecule has 2 aromatic rings. The lowest BCUT2D eigenvalue weighted by Gasteiger charge is -2.06. The van der Waals surface area contributed by atoms with Crippen LogP contribution in [0.15, 0.2) is 29.6 Å². The van der Waals surface area contributed by atoms with Crippen molar-refractivity contribution in [2.45, 2.75) is 32.2 Å². The Morgan fingerprint density at radius 2 is 2.40 bits per heavy atom. The minimum Gasteiger partial charge on any atom is -0.487 e. The van der Waals surface area contributed by atoms with E-state index in [0.29, 0.717) is 6.61 Å². The lowest BCUT2D eigenvalue weighted by molar-refractivity contribution is 0.111. The van der Waals surface area contributed by atoms with Gasteiger partial charge in [0.2, 0.25) is 0 Å². The molecule has 0 bridgehead atoms. The molecule has 106 valence electrons. The minimum absolute atomic E-state index is 0.0249. The summed E-state index contributed by atoms with van der Waals surface area (Å²) in [5.41, 5.74) is 1.77. The van der Waals surface area contributed by atoms with E-state index in [1.54, 1.807) is 11.3 Å². The SMILES string of the molecule is OCc1cccc(OCc2csc(C3CCCO3)n2)c1. The first kappa shape index (κ1) is 13.5. The van der Waals surface area contributed by atoms with Crippen LogP contribution >= 0.6 is 11.3 Å². The number of aliphatic hydroxyl groups excluding tert-OH is 1. The summed E-state index contributed by atoms with van der Waals surface area (Å²) in [6.45, 7) is 1.30. The van der Waals surface area contributed by atoms with E-state index in [9.17, 15) is 0 Å². The van der Waals surface area contributed by atoms with Crippen LogP contribution in [0.5, 0.6) is 5.75 Å². The molecule has 1 fully saturated rings. The summed E-state index contributed by atoms with van der Waals surface area (Å²) in [6, 6.07) is 7.46. The molecular weight excluding hydrogens is 274 g/mol. The van der Waals surface area contributed by atoms with Crippen LogP contribution in [-0.2, 0) is 18.0 Å². The largest absolute Gasteiger partial charge is 0.487 e. The highest BCUT2D eigenvalue weighted by Crippen LogP contribution is 2.30. The Kier molecular flexibility index (Phi) is 4.30. The molecule has 0 radical (unpaired) electrons. The summed E-state index contributed by atoms with van der Waals surface area (Å²) in [6.07, 6.45) is 2.35. The second kappa shape index (κ2) is 6.35. The molecule has 2 heterocycles. The monoisotopic (exact) mass is 291 g/mol. The van der Waals surface area contributed by atoms with Crippen molar-refractivity contribution in [3.63, 3.8) is 0 Å². The Labute approximate surface area is 122 Å². The second-order valence-electron chi connectivity index (χ2n) is 4.77. The molecule has 0 amide bonds. The molecule has 1 N–H and O–H groups in total. The average molecular weight is 291 g/mol. The molecule has 0 spiro atoms. The van der Waals surface area contributed by atoms with E-state index in [-0.39, 0.29) is 12.7 Å². The van der Waals surface area contributed by atoms with Crippen molar-refractivity contribution in [1.82, 2.24) is 4.98 Å². The highest BCUT2D eigenvalue weighted by atomic mass is 32.1. The van der Waals surface area contributed by atoms with Gasteiger partial charge >= 0.3 is 0 Å². The molecule has 1 unspecified atom stereocenters. The molecule has 1 aromatic heterocycles. The molecule has 0 aliphatic carbocycles. The van der Waals surface area contributed by atoms with Crippen molar-refractivity contribution in [2.75, 3.05) is 6.61 Å². The predicted octanol–water partition coefficient (Wildman–Crippen LogP) is 3.07. The third-order valence-corrected chi connectivity index (χ3v) is 4.23. The summed E-state index contributed by atoms with van der Waals surface area (Å²) in [7, 11) is 0. The van der Waals surface area contributed by atoms with Crippen molar-refractivity contribution in [3.05, 3.63) is 45.9 Å². The van der Waals surface area contributed by atoms with Crippen LogP contribution in [0.4, 0.5) is 0 Å². The van der Waals surface area contributed by atoms with Crippen LogP contribution in [-0.4, -0.2) is 16.7 Å². The van der Waals surface area contributed by atoms with E-state index in [4.69, 9.17) is 14.6 Å². The van der Waals surface area contributed by atoms with Crippen LogP contribution in [0.1, 0.15) is 35.2 Å². The first-order chi connectivity index (χ1) is 9.85. The highest BCUT2D eigenvalue weighted by molar-refractivity contribution is 7.09. The predicted molar refractivity (Wildman–Crippen MR) is 76.7 cm³/mol. The van der Waals surface area contributed by atoms with Gasteiger partial charge in [0, 0.05) is 12.0 Å². The maximum absolute atomic E-state index is 9.09. The molecule has 1 aliphatic heterocycles. The van der Waals surface area contributed by atoms with E-state index in [0.717, 1.165) is 41.5 Å². The zero-order chi connectivity index (χ0) is 13.8. The topological polar surface area (TPSA) is 51.6 Å². The third-order valence-electron chi connectivity index (χ3n) is 3.24. The smallest absolute Gasteiger partial charge is 0.131 e. The fraction of sp³-hybridized carbons (Fsp3) is 0.400. The molecule has 1 aliphatic rings. The van der Waals surface area contributed by atoms with Crippen molar-refractivity contribution >= 4 is 11.3 Å². The Morgan fingerprint density at radius 1 is 1.45 bits per heavy atom. The summed E-state index contributed by atoms with van der Waals surface area (Å²) in [4.78, 5) is 4.57. The van der Waals surface area contributed by atoms with Gasteiger partial charge in [-0.05, 0) is 30.5 Å². The van der Waals surface area contributed by atoms with Crippen LogP contribution in [0.25, 0.3) is 0 Å². The highest BCUT2D eigenvalue weighted by Gasteiger charge is 2.20. The van der Waals surface area contributed by atoms with Gasteiger partial charge in [0.1, 0.15) is 23.5 Å². The number of hydrogen-bond acceptors (Lipinski definition) is 5. The number of ether oxygens (including phenoxy) is 2. The molecule has 1 atom stereocenters. The lowest BCUT2D eigenvalue weighted by atomic mass is 10.2. The Balaban J connectivity index is 1.60. The van der Waals surface area contributed by atoms with Gasteiger partial charge in [-0.2, -0.15) is 0 Å². The Morgan fingerprint density at radius 3 is 3.20 bits per heavy atom. The standard InChI is InChI=1S/C15H17NO3S/c17-8-11-3-1-4-13(7-11)19-9-12-10-20-15(16-12)14-5-2-6-18-14/h1,3-4,7,10,14,17H,2,5-6,8-9H2. The zero-order valence-corrected chi connectivity index (χ0v) is 11.9. The first-order valence-electron chi connectivity index (χ1n) is 6.73. The molecule has 1 saturated heterocycles. The zero-order valence-electron chi connectivity index (χ0n) is 11.1. The van der Waals surface area contributed by atoms with Gasteiger partial charge in [0.15, 0.2) is 0 Å². The van der Waals surface area contributed by atoms with E-state index in [2.05, 4.69) is 4.98 Å². The summed E-state index contributed by atoms with van der Waals surface area (Å²) < 4.78 is 11.3. The second-order valence-corrected chi connectivity index (χ2v) is 5.66. The lowest BCUT2D eigenvalue weighted by Crippen LogP contribution is -1.99. The maximum atomic E-state index is 9.09. The summed E-state index contributed by atoms with van der Waals surface area (Å²) >= 11 is 1.63. The van der Waals surface area contributed by atoms with Gasteiger partial charge in [-0.25, -0.2) is 4.98 Å². The third kappa shape index (κ3) is 3.17. The van der Waals surface area contributed by atoms with E-state index in [1.807, 2.05) is 29.6 Å². The van der Waals surface area contributed by atoms with Crippen molar-refractivity contribution in [1.29, 1.82) is 0 Å². The van der Waals surface area contributed by atoms with Crippen molar-refractivity contribution in [3.8, 4) is 5.75 Å². The number of nitrogens with zero attached hydrogens (tertiary/aromatic N) is 1. The molecule has 3 rings (SSSR count). The molecule has 4 nitrogen and oxygen atoms in total. The van der Waals surface area contributed by atoms with Gasteiger partial charge in [0.25, 0.3) is 0 Å². The summed E-state index contributed by atoms with van der Waals surface area (Å²) in [5.74, 6) is 0.753. The number of aromatic nitrogens is 1. The van der Waals surface area contributed by atoms with Gasteiger partial charge < -0.3 is 14.6 Å². The molecule has 20 heavy (non-hydrogen) atoms. The molecule has 0 saturated carbocycles. The van der Waals surface area contributed by atoms with E-state index >= 15 is 0 Å². The van der Waals surface area contributed by atoms with Crippen LogP contribution < -0.4 is 4.74 Å². The van der Waals surface area contributed by atoms with Crippen LogP contribution in [0, 0.1) is 0 Å². The average Bonchev–Trinajstić information content (AvgIpc) is 3.16. The van der Waals surface area contributed by atoms with Crippen molar-refractivity contribution < 1.29 is 14.6 Å². The van der Waals surface area contributed by atoms with Gasteiger partial charge in [-0.15, -0.1) is 11.3 Å². The molecule has 5 heteroatoms.